The number of aliphatic hydroxyl groups is 1. The fraction of sp³-hybridized carbons (Fsp3) is 0.128. The summed E-state index contributed by atoms with van der Waals surface area (Å²) in [7, 11) is 2.65. The molecule has 0 spiro atoms. The number of ether oxygens (including phenoxy) is 3. The molecule has 2 aliphatic rings. The largest absolute Gasteiger partial charge is 2.00 e. The molecule has 1 N–H and O–H groups in total. The van der Waals surface area contributed by atoms with E-state index < -0.39 is 11.8 Å². The normalized spacial score (nSPS) is 14.5. The molecule has 0 saturated carbocycles. The van der Waals surface area contributed by atoms with Gasteiger partial charge in [-0.25, -0.2) is 4.79 Å². The zero-order valence-corrected chi connectivity index (χ0v) is 35.0. The Hall–Kier alpha value is -6.19. The van der Waals surface area contributed by atoms with Crippen LogP contribution >= 0.6 is 0 Å². The predicted molar refractivity (Wildman–Crippen MR) is 218 cm³/mol. The monoisotopic (exact) mass is 802 g/mol. The van der Waals surface area contributed by atoms with Crippen molar-refractivity contribution in [2.75, 3.05) is 14.2 Å². The Labute approximate surface area is 343 Å². The smallest absolute Gasteiger partial charge is 0.657 e. The number of aliphatic hydroxyl groups excluding tert-OH is 1. The van der Waals surface area contributed by atoms with Crippen molar-refractivity contribution in [3.05, 3.63) is 157 Å². The molecule has 4 aromatic carbocycles. The number of esters is 1. The summed E-state index contributed by atoms with van der Waals surface area (Å²) in [5, 5.41) is 7.00. The number of nitrogens with zero attached hydrogens (tertiary/aromatic N) is 4. The second-order valence-corrected chi connectivity index (χ2v) is 13.4. The van der Waals surface area contributed by atoms with Crippen LogP contribution in [0.3, 0.4) is 0 Å². The van der Waals surface area contributed by atoms with Crippen LogP contribution in [-0.4, -0.2) is 30.3 Å². The van der Waals surface area contributed by atoms with E-state index in [1.807, 2.05) is 146 Å². The third-order valence-corrected chi connectivity index (χ3v) is 9.91. The Morgan fingerprint density at radius 3 is 1.70 bits per heavy atom. The molecule has 57 heavy (non-hydrogen) atoms. The Balaban J connectivity index is 0.00000163. The third-order valence-electron chi connectivity index (χ3n) is 9.91. The minimum atomic E-state index is -1.29. The van der Waals surface area contributed by atoms with Crippen molar-refractivity contribution in [3.8, 4) is 56.3 Å². The number of hydrogen-bond donors (Lipinski definition) is 1. The van der Waals surface area contributed by atoms with Gasteiger partial charge in [-0.1, -0.05) is 123 Å². The van der Waals surface area contributed by atoms with E-state index in [-0.39, 0.29) is 37.0 Å². The minimum absolute atomic E-state index is 0. The zero-order chi connectivity index (χ0) is 38.8. The van der Waals surface area contributed by atoms with Crippen LogP contribution in [0, 0.1) is 5.92 Å². The van der Waals surface area contributed by atoms with Gasteiger partial charge in [-0.05, 0) is 63.7 Å². The maximum Gasteiger partial charge on any atom is 2.00 e. The molecule has 9 nitrogen and oxygen atoms in total. The molecule has 0 saturated heterocycles. The number of carbonyl (C=O) groups is 1. The van der Waals surface area contributed by atoms with Gasteiger partial charge in [-0.15, -0.1) is 16.6 Å². The summed E-state index contributed by atoms with van der Waals surface area (Å²) >= 11 is 0. The Bertz CT molecular complexity index is 2700. The summed E-state index contributed by atoms with van der Waals surface area (Å²) in [5.41, 5.74) is 8.91. The van der Waals surface area contributed by atoms with Crippen molar-refractivity contribution < 1.29 is 43.6 Å². The average Bonchev–Trinajstić information content (AvgIpc) is 4.06. The first-order valence-corrected chi connectivity index (χ1v) is 18.3. The van der Waals surface area contributed by atoms with E-state index in [2.05, 4.69) is 13.8 Å². The number of hydrogen-bond acceptors (Lipinski definition) is 6. The van der Waals surface area contributed by atoms with Gasteiger partial charge in [0.1, 0.15) is 11.1 Å². The molecule has 2 aliphatic heterocycles. The van der Waals surface area contributed by atoms with Crippen molar-refractivity contribution in [1.29, 1.82) is 0 Å². The topological polar surface area (TPSA) is 120 Å². The van der Waals surface area contributed by atoms with Gasteiger partial charge in [0, 0.05) is 43.7 Å². The minimum Gasteiger partial charge on any atom is -0.657 e. The molecular formula is C47H38N4O5Zn. The van der Waals surface area contributed by atoms with Crippen molar-refractivity contribution in [3.63, 3.8) is 0 Å². The summed E-state index contributed by atoms with van der Waals surface area (Å²) in [6, 6.07) is 47.0. The maximum atomic E-state index is 14.0. The molecule has 1 atom stereocenters. The first-order chi connectivity index (χ1) is 27.4. The van der Waals surface area contributed by atoms with Crippen LogP contribution in [0.25, 0.3) is 66.6 Å². The zero-order valence-electron chi connectivity index (χ0n) is 32.0. The fourth-order valence-corrected chi connectivity index (χ4v) is 7.34. The molecule has 3 aromatic heterocycles. The molecular weight excluding hydrogens is 766 g/mol. The second-order valence-electron chi connectivity index (χ2n) is 13.4. The second kappa shape index (κ2) is 16.5. The van der Waals surface area contributed by atoms with Crippen LogP contribution < -0.4 is 24.4 Å². The van der Waals surface area contributed by atoms with Gasteiger partial charge in [0.2, 0.25) is 5.79 Å². The van der Waals surface area contributed by atoms with E-state index in [1.54, 1.807) is 7.11 Å². The van der Waals surface area contributed by atoms with E-state index in [9.17, 15) is 4.79 Å². The molecule has 9 rings (SSSR count). The van der Waals surface area contributed by atoms with Crippen LogP contribution in [0.15, 0.2) is 146 Å². The van der Waals surface area contributed by atoms with Gasteiger partial charge in [0.15, 0.2) is 5.69 Å². The summed E-state index contributed by atoms with van der Waals surface area (Å²) < 4.78 is 19.5. The van der Waals surface area contributed by atoms with E-state index in [4.69, 9.17) is 39.3 Å². The van der Waals surface area contributed by atoms with E-state index >= 15 is 0 Å². The predicted octanol–water partition coefficient (Wildman–Crippen LogP) is 9.44. The number of carbonyl (C=O) groups excluding carboxylic acids is 1. The average molecular weight is 804 g/mol. The first-order valence-electron chi connectivity index (χ1n) is 18.3. The van der Waals surface area contributed by atoms with Crippen molar-refractivity contribution in [2.24, 2.45) is 5.92 Å². The Kier molecular flexibility index (Phi) is 11.3. The first kappa shape index (κ1) is 39.1. The third kappa shape index (κ3) is 6.97. The molecule has 0 amide bonds. The maximum absolute atomic E-state index is 14.0. The summed E-state index contributed by atoms with van der Waals surface area (Å²) in [6.45, 7) is 4.11. The van der Waals surface area contributed by atoms with Crippen LogP contribution in [0.4, 0.5) is 0 Å². The standard InChI is InChI=1S/C46H35N4O4.CH4O.Zn/c1-28(2)46(52-3)42-38(30-18-10-5-11-19-30)34-25-24-33(47-34)37(29-16-8-4-9-17-29)41-45(51)53-43(49-41)39(31-20-12-6-13-21-31)35-26-27-36(48-35)40(44(50-42)54-46)32-22-14-7-15-23-32;1-2;/h4-28H,1-3H3,(H-,47,50,51);2H,1H3;/q-1;;+2/p-1/t46-;;/m1../s1. The summed E-state index contributed by atoms with van der Waals surface area (Å²) in [4.78, 5) is 34.8. The number of rotatable bonds is 6. The molecule has 278 valence electrons. The van der Waals surface area contributed by atoms with E-state index in [1.165, 1.54) is 0 Å². The fourth-order valence-electron chi connectivity index (χ4n) is 7.34. The van der Waals surface area contributed by atoms with Crippen LogP contribution in [0.1, 0.15) is 30.0 Å². The van der Waals surface area contributed by atoms with Gasteiger partial charge in [-0.2, -0.15) is 4.98 Å². The van der Waals surface area contributed by atoms with Crippen molar-refractivity contribution >= 4 is 28.0 Å². The van der Waals surface area contributed by atoms with Crippen molar-refractivity contribution in [1.82, 2.24) is 19.9 Å². The van der Waals surface area contributed by atoms with Gasteiger partial charge in [-0.3, -0.25) is 0 Å². The molecule has 0 fully saturated rings. The van der Waals surface area contributed by atoms with Crippen LogP contribution in [0.5, 0.6) is 11.8 Å². The SMILES string of the molecule is CO.CO[C@]1(C(C)C)Oc2[n-]c1c(-c1ccccc1)c1ccc([n-]1)c(-c1ccccc1)c1nc([c+](-c3ccccc3)c3ccc([n-]3)c2-c2ccccc2)OC1=O.[Zn+2]. The number of benzene rings is 4. The number of aromatic nitrogens is 4. The quantitative estimate of drug-likeness (QED) is 0.0996. The van der Waals surface area contributed by atoms with Gasteiger partial charge >= 0.3 is 25.4 Å². The Morgan fingerprint density at radius 2 is 1.14 bits per heavy atom. The van der Waals surface area contributed by atoms with Crippen LogP contribution in [-0.2, 0) is 30.0 Å². The molecule has 8 bridgehead atoms. The van der Waals surface area contributed by atoms with Gasteiger partial charge < -0.3 is 34.3 Å². The van der Waals surface area contributed by atoms with Crippen molar-refractivity contribution in [2.45, 2.75) is 19.6 Å². The Morgan fingerprint density at radius 1 is 0.649 bits per heavy atom. The van der Waals surface area contributed by atoms with Gasteiger partial charge in [0.25, 0.3) is 5.88 Å². The molecule has 10 heteroatoms. The summed E-state index contributed by atoms with van der Waals surface area (Å²) in [5.74, 6) is -1.54. The molecule has 0 radical (unpaired) electrons. The molecule has 5 heterocycles. The van der Waals surface area contributed by atoms with E-state index in [0.29, 0.717) is 50.3 Å². The number of methoxy groups -OCH3 is 1. The number of fused-ring (bicyclic) bond motifs is 8. The van der Waals surface area contributed by atoms with Gasteiger partial charge in [0.05, 0.1) is 0 Å². The summed E-state index contributed by atoms with van der Waals surface area (Å²) in [6.07, 6.45) is 0. The van der Waals surface area contributed by atoms with Crippen LogP contribution in [0.2, 0.25) is 0 Å². The molecule has 0 aliphatic carbocycles. The molecule has 0 unspecified atom stereocenters. The van der Waals surface area contributed by atoms with E-state index in [0.717, 1.165) is 34.9 Å². The molecule has 7 aromatic rings.